The lowest BCUT2D eigenvalue weighted by Gasteiger charge is -2.57. The summed E-state index contributed by atoms with van der Waals surface area (Å²) in [4.78, 5) is 15.5. The van der Waals surface area contributed by atoms with E-state index in [4.69, 9.17) is 4.74 Å². The molecule has 2 aromatic rings. The van der Waals surface area contributed by atoms with Crippen molar-refractivity contribution in [2.24, 2.45) is 17.8 Å². The lowest BCUT2D eigenvalue weighted by molar-refractivity contribution is -0.0156. The van der Waals surface area contributed by atoms with Gasteiger partial charge in [-0.3, -0.25) is 0 Å². The van der Waals surface area contributed by atoms with E-state index >= 15 is 0 Å². The van der Waals surface area contributed by atoms with Gasteiger partial charge in [0.05, 0.1) is 0 Å². The lowest BCUT2D eigenvalue weighted by Crippen LogP contribution is -2.61. The van der Waals surface area contributed by atoms with Gasteiger partial charge in [0.1, 0.15) is 17.7 Å². The van der Waals surface area contributed by atoms with Gasteiger partial charge in [0, 0.05) is 17.8 Å². The Bertz CT molecular complexity index is 943. The fourth-order valence-electron chi connectivity index (χ4n) is 7.02. The molecule has 1 saturated heterocycles. The zero-order chi connectivity index (χ0) is 21.5. The second kappa shape index (κ2) is 8.33. The first-order valence-electron chi connectivity index (χ1n) is 12.1. The van der Waals surface area contributed by atoms with Crippen LogP contribution < -0.4 is 10.1 Å². The Morgan fingerprint density at radius 1 is 1.00 bits per heavy atom. The molecule has 5 heteroatoms. The van der Waals surface area contributed by atoms with Gasteiger partial charge in [0.15, 0.2) is 0 Å². The average molecular weight is 449 g/mol. The highest BCUT2D eigenvalue weighted by atomic mass is 32.2. The standard InChI is InChI=1S/C27H32N2O2S/c30-26(28-27-15-20-11-21(16-27)13-22(12-20)17-27)29-9-10-32-25(29)23-7-4-8-24(14-23)31-18-19-5-2-1-3-6-19/h1-8,14,20-22,25H,9-13,15-18H2,(H,28,30). The van der Waals surface area contributed by atoms with E-state index in [9.17, 15) is 4.79 Å². The van der Waals surface area contributed by atoms with E-state index in [1.807, 2.05) is 42.1 Å². The highest BCUT2D eigenvalue weighted by Gasteiger charge is 2.52. The van der Waals surface area contributed by atoms with Crippen LogP contribution in [0.2, 0.25) is 0 Å². The number of benzene rings is 2. The Hall–Kier alpha value is -2.14. The summed E-state index contributed by atoms with van der Waals surface area (Å²) in [7, 11) is 0. The van der Waals surface area contributed by atoms with E-state index in [0.29, 0.717) is 6.61 Å². The molecule has 5 fully saturated rings. The summed E-state index contributed by atoms with van der Waals surface area (Å²) in [6.45, 7) is 1.36. The molecule has 2 aromatic carbocycles. The third-order valence-electron chi connectivity index (χ3n) is 7.95. The van der Waals surface area contributed by atoms with Gasteiger partial charge in [-0.2, -0.15) is 0 Å². The highest BCUT2D eigenvalue weighted by Crippen LogP contribution is 2.55. The number of nitrogens with one attached hydrogen (secondary N) is 1. The van der Waals surface area contributed by atoms with Crippen molar-refractivity contribution >= 4 is 17.8 Å². The molecule has 7 rings (SSSR count). The number of carbonyl (C=O) groups excluding carboxylic acids is 1. The topological polar surface area (TPSA) is 41.6 Å². The molecule has 0 spiro atoms. The number of ether oxygens (including phenoxy) is 1. The molecule has 5 aliphatic rings. The Morgan fingerprint density at radius 2 is 1.72 bits per heavy atom. The molecule has 4 nitrogen and oxygen atoms in total. The van der Waals surface area contributed by atoms with Crippen LogP contribution in [0.25, 0.3) is 0 Å². The average Bonchev–Trinajstić information content (AvgIpc) is 3.28. The summed E-state index contributed by atoms with van der Waals surface area (Å²) in [5.41, 5.74) is 2.37. The highest BCUT2D eigenvalue weighted by molar-refractivity contribution is 7.99. The summed E-state index contributed by atoms with van der Waals surface area (Å²) in [5, 5.41) is 3.63. The maximum Gasteiger partial charge on any atom is 0.319 e. The summed E-state index contributed by atoms with van der Waals surface area (Å²) in [6.07, 6.45) is 7.77. The Balaban J connectivity index is 1.14. The minimum Gasteiger partial charge on any atom is -0.489 e. The van der Waals surface area contributed by atoms with Crippen LogP contribution in [-0.2, 0) is 6.61 Å². The number of hydrogen-bond donors (Lipinski definition) is 1. The zero-order valence-corrected chi connectivity index (χ0v) is 19.4. The van der Waals surface area contributed by atoms with E-state index < -0.39 is 0 Å². The van der Waals surface area contributed by atoms with Crippen LogP contribution in [0.4, 0.5) is 4.79 Å². The van der Waals surface area contributed by atoms with Crippen molar-refractivity contribution in [2.75, 3.05) is 12.3 Å². The molecule has 168 valence electrons. The summed E-state index contributed by atoms with van der Waals surface area (Å²) >= 11 is 1.86. The van der Waals surface area contributed by atoms with E-state index in [1.54, 1.807) is 0 Å². The number of nitrogens with zero attached hydrogens (tertiary/aromatic N) is 1. The van der Waals surface area contributed by atoms with E-state index in [1.165, 1.54) is 38.5 Å². The number of urea groups is 1. The van der Waals surface area contributed by atoms with Gasteiger partial charge in [-0.15, -0.1) is 11.8 Å². The minimum absolute atomic E-state index is 0.0594. The molecular weight excluding hydrogens is 416 g/mol. The summed E-state index contributed by atoms with van der Waals surface area (Å²) in [6, 6.07) is 18.7. The molecule has 1 heterocycles. The number of amides is 2. The van der Waals surface area contributed by atoms with Crippen molar-refractivity contribution < 1.29 is 9.53 Å². The fourth-order valence-corrected chi connectivity index (χ4v) is 8.26. The van der Waals surface area contributed by atoms with E-state index in [-0.39, 0.29) is 16.9 Å². The van der Waals surface area contributed by atoms with E-state index in [2.05, 4.69) is 34.5 Å². The smallest absolute Gasteiger partial charge is 0.319 e. The molecule has 4 saturated carbocycles. The maximum atomic E-state index is 13.5. The third kappa shape index (κ3) is 4.00. The zero-order valence-electron chi connectivity index (χ0n) is 18.5. The monoisotopic (exact) mass is 448 g/mol. The van der Waals surface area contributed by atoms with Crippen LogP contribution in [0, 0.1) is 17.8 Å². The lowest BCUT2D eigenvalue weighted by atomic mass is 9.53. The van der Waals surface area contributed by atoms with Gasteiger partial charge in [-0.25, -0.2) is 4.79 Å². The van der Waals surface area contributed by atoms with Crippen LogP contribution in [0.1, 0.15) is 55.0 Å². The van der Waals surface area contributed by atoms with Crippen molar-refractivity contribution in [3.63, 3.8) is 0 Å². The molecule has 1 N–H and O–H groups in total. The van der Waals surface area contributed by atoms with Gasteiger partial charge < -0.3 is 15.0 Å². The van der Waals surface area contributed by atoms with Crippen molar-refractivity contribution in [2.45, 2.75) is 56.0 Å². The van der Waals surface area contributed by atoms with Crippen LogP contribution in [0.5, 0.6) is 5.75 Å². The molecule has 4 bridgehead atoms. The number of carbonyl (C=O) groups is 1. The van der Waals surface area contributed by atoms with Crippen molar-refractivity contribution in [1.29, 1.82) is 0 Å². The molecule has 1 atom stereocenters. The van der Waals surface area contributed by atoms with Crippen LogP contribution in [0.3, 0.4) is 0 Å². The Morgan fingerprint density at radius 3 is 2.44 bits per heavy atom. The fraction of sp³-hybridized carbons (Fsp3) is 0.519. The molecule has 0 radical (unpaired) electrons. The first-order valence-corrected chi connectivity index (χ1v) is 13.2. The van der Waals surface area contributed by atoms with Gasteiger partial charge in [-0.1, -0.05) is 42.5 Å². The van der Waals surface area contributed by atoms with Crippen molar-refractivity contribution in [3.8, 4) is 5.75 Å². The first kappa shape index (κ1) is 20.5. The molecule has 1 aliphatic heterocycles. The summed E-state index contributed by atoms with van der Waals surface area (Å²) in [5.74, 6) is 4.35. The third-order valence-corrected chi connectivity index (χ3v) is 9.21. The minimum atomic E-state index is 0.0594. The van der Waals surface area contributed by atoms with Crippen LogP contribution >= 0.6 is 11.8 Å². The van der Waals surface area contributed by atoms with Crippen molar-refractivity contribution in [1.82, 2.24) is 10.2 Å². The molecule has 0 aromatic heterocycles. The maximum absolute atomic E-state index is 13.5. The largest absolute Gasteiger partial charge is 0.489 e. The normalized spacial score (nSPS) is 32.8. The molecular formula is C27H32N2O2S. The Labute approximate surface area is 195 Å². The molecule has 4 aliphatic carbocycles. The predicted octanol–water partition coefficient (Wildman–Crippen LogP) is 5.99. The van der Waals surface area contributed by atoms with Crippen LogP contribution in [0.15, 0.2) is 54.6 Å². The van der Waals surface area contributed by atoms with Crippen molar-refractivity contribution in [3.05, 3.63) is 65.7 Å². The Kier molecular flexibility index (Phi) is 5.33. The van der Waals surface area contributed by atoms with Gasteiger partial charge in [0.2, 0.25) is 0 Å². The SMILES string of the molecule is O=C(NC12CC3CC(CC(C3)C1)C2)N1CCSC1c1cccc(OCc2ccccc2)c1. The number of thioether (sulfide) groups is 1. The first-order chi connectivity index (χ1) is 15.7. The van der Waals surface area contributed by atoms with Gasteiger partial charge in [0.25, 0.3) is 0 Å². The predicted molar refractivity (Wildman–Crippen MR) is 129 cm³/mol. The second-order valence-corrected chi connectivity index (χ2v) is 11.6. The number of rotatable bonds is 5. The quantitative estimate of drug-likeness (QED) is 0.611. The van der Waals surface area contributed by atoms with Gasteiger partial charge >= 0.3 is 6.03 Å². The molecule has 2 amide bonds. The molecule has 1 unspecified atom stereocenters. The second-order valence-electron chi connectivity index (χ2n) is 10.4. The summed E-state index contributed by atoms with van der Waals surface area (Å²) < 4.78 is 6.05. The van der Waals surface area contributed by atoms with Gasteiger partial charge in [-0.05, 0) is 79.5 Å². The molecule has 32 heavy (non-hydrogen) atoms. The van der Waals surface area contributed by atoms with Crippen LogP contribution in [-0.4, -0.2) is 28.8 Å². The van der Waals surface area contributed by atoms with E-state index in [0.717, 1.165) is 46.9 Å². The number of hydrogen-bond acceptors (Lipinski definition) is 3.